The third-order valence-electron chi connectivity index (χ3n) is 5.64. The third-order valence-corrected chi connectivity index (χ3v) is 5.64. The molecule has 0 aromatic heterocycles. The van der Waals surface area contributed by atoms with Gasteiger partial charge in [0.15, 0.2) is 0 Å². The Morgan fingerprint density at radius 1 is 0.529 bits per heavy atom. The highest BCUT2D eigenvalue weighted by atomic mass is 14.3. The fraction of sp³-hybridized carbons (Fsp3) is 0.882. The molecule has 2 atom stereocenters. The van der Waals surface area contributed by atoms with Crippen LogP contribution in [-0.4, -0.2) is 0 Å². The second-order valence-electron chi connectivity index (χ2n) is 6.81. The van der Waals surface area contributed by atoms with E-state index >= 15 is 0 Å². The summed E-state index contributed by atoms with van der Waals surface area (Å²) in [7, 11) is 0. The highest BCUT2D eigenvalue weighted by molar-refractivity contribution is 5.06. The van der Waals surface area contributed by atoms with Crippen LogP contribution in [0.5, 0.6) is 0 Å². The lowest BCUT2D eigenvalue weighted by Crippen LogP contribution is -2.22. The first kappa shape index (κ1) is 11.8. The summed E-state index contributed by atoms with van der Waals surface area (Å²) in [5.41, 5.74) is 0. The van der Waals surface area contributed by atoms with E-state index in [9.17, 15) is 0 Å². The Morgan fingerprint density at radius 3 is 1.18 bits per heavy atom. The van der Waals surface area contributed by atoms with Gasteiger partial charge in [-0.25, -0.2) is 0 Å². The predicted molar refractivity (Wildman–Crippen MR) is 73.9 cm³/mol. The van der Waals surface area contributed by atoms with Crippen molar-refractivity contribution in [3.63, 3.8) is 0 Å². The van der Waals surface area contributed by atoms with Gasteiger partial charge in [0.05, 0.1) is 0 Å². The Morgan fingerprint density at radius 2 is 0.941 bits per heavy atom. The van der Waals surface area contributed by atoms with Crippen molar-refractivity contribution in [1.82, 2.24) is 0 Å². The summed E-state index contributed by atoms with van der Waals surface area (Å²) in [6.45, 7) is 0. The maximum absolute atomic E-state index is 2.38. The summed E-state index contributed by atoms with van der Waals surface area (Å²) in [6, 6.07) is 0. The molecule has 3 fully saturated rings. The SMILES string of the molecule is C1=CC2CCC1C2.C1CCC2CCCCC2C1. The zero-order valence-corrected chi connectivity index (χ0v) is 11.2. The molecular weight excluding hydrogens is 204 g/mol. The van der Waals surface area contributed by atoms with Crippen molar-refractivity contribution >= 4 is 0 Å². The molecule has 0 radical (unpaired) electrons. The van der Waals surface area contributed by atoms with Crippen LogP contribution in [-0.2, 0) is 0 Å². The van der Waals surface area contributed by atoms with Crippen molar-refractivity contribution in [3.05, 3.63) is 12.2 Å². The van der Waals surface area contributed by atoms with Crippen LogP contribution in [0, 0.1) is 23.7 Å². The zero-order chi connectivity index (χ0) is 11.5. The molecule has 3 saturated carbocycles. The number of hydrogen-bond donors (Lipinski definition) is 0. The second-order valence-corrected chi connectivity index (χ2v) is 6.81. The number of fused-ring (bicyclic) bond motifs is 3. The number of hydrogen-bond acceptors (Lipinski definition) is 0. The van der Waals surface area contributed by atoms with Crippen LogP contribution in [0.3, 0.4) is 0 Å². The minimum absolute atomic E-state index is 0.991. The predicted octanol–water partition coefficient (Wildman–Crippen LogP) is 5.34. The van der Waals surface area contributed by atoms with Crippen molar-refractivity contribution < 1.29 is 0 Å². The minimum atomic E-state index is 0.991. The minimum Gasteiger partial charge on any atom is -0.0851 e. The van der Waals surface area contributed by atoms with Gasteiger partial charge in [0, 0.05) is 0 Å². The van der Waals surface area contributed by atoms with Gasteiger partial charge in [-0.2, -0.15) is 0 Å². The van der Waals surface area contributed by atoms with Crippen LogP contribution in [0.2, 0.25) is 0 Å². The van der Waals surface area contributed by atoms with Crippen LogP contribution in [0.1, 0.15) is 70.6 Å². The van der Waals surface area contributed by atoms with Gasteiger partial charge in [-0.1, -0.05) is 63.5 Å². The van der Waals surface area contributed by atoms with Crippen molar-refractivity contribution in [2.45, 2.75) is 70.6 Å². The molecule has 4 aliphatic rings. The standard InChI is InChI=1S/C10H18.C7H10/c1-2-6-10-8-4-3-7-9(10)5-1;1-2-7-4-3-6(1)5-7/h9-10H,1-8H2;1-2,6-7H,3-5H2. The molecule has 4 aliphatic carbocycles. The Labute approximate surface area is 107 Å². The molecule has 0 aromatic rings. The van der Waals surface area contributed by atoms with Crippen molar-refractivity contribution in [1.29, 1.82) is 0 Å². The second kappa shape index (κ2) is 5.59. The molecule has 17 heavy (non-hydrogen) atoms. The van der Waals surface area contributed by atoms with E-state index < -0.39 is 0 Å². The molecule has 96 valence electrons. The van der Waals surface area contributed by atoms with E-state index in [4.69, 9.17) is 0 Å². The van der Waals surface area contributed by atoms with E-state index in [1.807, 2.05) is 0 Å². The first-order chi connectivity index (χ1) is 8.42. The van der Waals surface area contributed by atoms with Gasteiger partial charge in [0.1, 0.15) is 0 Å². The Hall–Kier alpha value is -0.260. The monoisotopic (exact) mass is 232 g/mol. The molecule has 0 N–H and O–H groups in total. The fourth-order valence-corrected chi connectivity index (χ4v) is 4.57. The quantitative estimate of drug-likeness (QED) is 0.495. The van der Waals surface area contributed by atoms with Gasteiger partial charge in [-0.3, -0.25) is 0 Å². The summed E-state index contributed by atoms with van der Waals surface area (Å²) in [5.74, 6) is 4.29. The highest BCUT2D eigenvalue weighted by Gasteiger charge is 2.27. The Bertz CT molecular complexity index is 227. The number of rotatable bonds is 0. The molecule has 4 rings (SSSR count). The van der Waals surface area contributed by atoms with Crippen LogP contribution in [0.25, 0.3) is 0 Å². The molecular formula is C17H28. The van der Waals surface area contributed by atoms with E-state index in [-0.39, 0.29) is 0 Å². The topological polar surface area (TPSA) is 0 Å². The Kier molecular flexibility index (Phi) is 3.88. The fourth-order valence-electron chi connectivity index (χ4n) is 4.57. The lowest BCUT2D eigenvalue weighted by molar-refractivity contribution is 0.171. The Balaban J connectivity index is 0.000000113. The molecule has 0 amide bonds. The van der Waals surface area contributed by atoms with Gasteiger partial charge < -0.3 is 0 Å². The molecule has 2 unspecified atom stereocenters. The molecule has 0 aliphatic heterocycles. The van der Waals surface area contributed by atoms with E-state index in [2.05, 4.69) is 12.2 Å². The summed E-state index contributed by atoms with van der Waals surface area (Å²) >= 11 is 0. The van der Waals surface area contributed by atoms with Crippen molar-refractivity contribution in [3.8, 4) is 0 Å². The van der Waals surface area contributed by atoms with Crippen LogP contribution in [0.15, 0.2) is 12.2 Å². The van der Waals surface area contributed by atoms with Crippen LogP contribution in [0.4, 0.5) is 0 Å². The molecule has 0 heterocycles. The van der Waals surface area contributed by atoms with Crippen LogP contribution >= 0.6 is 0 Å². The maximum atomic E-state index is 2.38. The summed E-state index contributed by atoms with van der Waals surface area (Å²) in [6.07, 6.45) is 21.5. The molecule has 0 aromatic carbocycles. The first-order valence-corrected chi connectivity index (χ1v) is 8.10. The van der Waals surface area contributed by atoms with E-state index in [0.29, 0.717) is 0 Å². The van der Waals surface area contributed by atoms with Crippen molar-refractivity contribution in [2.75, 3.05) is 0 Å². The largest absolute Gasteiger partial charge is 0.0851 e. The van der Waals surface area contributed by atoms with Gasteiger partial charge in [0.25, 0.3) is 0 Å². The van der Waals surface area contributed by atoms with Gasteiger partial charge in [0.2, 0.25) is 0 Å². The average molecular weight is 232 g/mol. The normalized spacial score (nSPS) is 42.8. The number of allylic oxidation sites excluding steroid dienone is 2. The van der Waals surface area contributed by atoms with Gasteiger partial charge >= 0.3 is 0 Å². The van der Waals surface area contributed by atoms with E-state index in [1.165, 1.54) is 44.9 Å². The molecule has 0 heteroatoms. The molecule has 0 saturated heterocycles. The lowest BCUT2D eigenvalue weighted by Gasteiger charge is -2.35. The van der Waals surface area contributed by atoms with Gasteiger partial charge in [-0.05, 0) is 42.9 Å². The highest BCUT2D eigenvalue weighted by Crippen LogP contribution is 2.40. The molecule has 0 spiro atoms. The summed E-state index contributed by atoms with van der Waals surface area (Å²) in [5, 5.41) is 0. The first-order valence-electron chi connectivity index (χ1n) is 8.10. The zero-order valence-electron chi connectivity index (χ0n) is 11.2. The third kappa shape index (κ3) is 2.95. The van der Waals surface area contributed by atoms with Crippen molar-refractivity contribution in [2.24, 2.45) is 23.7 Å². The lowest BCUT2D eigenvalue weighted by atomic mass is 9.71. The molecule has 2 bridgehead atoms. The van der Waals surface area contributed by atoms with E-state index in [0.717, 1.165) is 23.7 Å². The molecule has 0 nitrogen and oxygen atoms in total. The van der Waals surface area contributed by atoms with E-state index in [1.54, 1.807) is 25.7 Å². The average Bonchev–Trinajstić information content (AvgIpc) is 3.04. The summed E-state index contributed by atoms with van der Waals surface area (Å²) < 4.78 is 0. The maximum Gasteiger partial charge on any atom is -0.0228 e. The summed E-state index contributed by atoms with van der Waals surface area (Å²) in [4.78, 5) is 0. The van der Waals surface area contributed by atoms with Crippen LogP contribution < -0.4 is 0 Å². The smallest absolute Gasteiger partial charge is 0.0228 e. The van der Waals surface area contributed by atoms with Gasteiger partial charge in [-0.15, -0.1) is 0 Å².